The molecular formula is C40H48Cl2N4O2+2. The number of benzene rings is 2. The van der Waals surface area contributed by atoms with Crippen LogP contribution in [0, 0.1) is 11.8 Å². The molecule has 8 heteroatoms. The minimum Gasteiger partial charge on any atom is -0.392 e. The zero-order valence-electron chi connectivity index (χ0n) is 28.0. The van der Waals surface area contributed by atoms with E-state index >= 15 is 0 Å². The van der Waals surface area contributed by atoms with Gasteiger partial charge in [0.15, 0.2) is 0 Å². The van der Waals surface area contributed by atoms with Crippen LogP contribution in [0.2, 0.25) is 0 Å². The van der Waals surface area contributed by atoms with Crippen LogP contribution < -0.4 is 9.80 Å². The molecule has 0 aromatic heterocycles. The van der Waals surface area contributed by atoms with Crippen molar-refractivity contribution < 1.29 is 19.2 Å². The smallest absolute Gasteiger partial charge is 0.102 e. The number of para-hydroxylation sites is 2. The number of anilines is 2. The number of hydrogen-bond acceptors (Lipinski definition) is 4. The van der Waals surface area contributed by atoms with E-state index in [1.807, 2.05) is 0 Å². The van der Waals surface area contributed by atoms with E-state index in [0.29, 0.717) is 23.9 Å². The van der Waals surface area contributed by atoms with Gasteiger partial charge in [-0.1, -0.05) is 48.6 Å². The third kappa shape index (κ3) is 3.32. The lowest BCUT2D eigenvalue weighted by atomic mass is 9.56. The van der Waals surface area contributed by atoms with Gasteiger partial charge in [-0.2, -0.15) is 0 Å². The summed E-state index contributed by atoms with van der Waals surface area (Å²) < 4.78 is 2.18. The molecule has 2 unspecified atom stereocenters. The molecule has 2 saturated carbocycles. The van der Waals surface area contributed by atoms with Gasteiger partial charge in [-0.15, -0.1) is 24.8 Å². The topological polar surface area (TPSA) is 46.9 Å². The Morgan fingerprint density at radius 1 is 0.688 bits per heavy atom. The fraction of sp³-hybridized carbons (Fsp3) is 0.500. The highest BCUT2D eigenvalue weighted by Gasteiger charge is 2.74. The number of rotatable bonds is 2. The quantitative estimate of drug-likeness (QED) is 0.337. The minimum absolute atomic E-state index is 0. The van der Waals surface area contributed by atoms with Crippen LogP contribution in [0.1, 0.15) is 36.8 Å². The van der Waals surface area contributed by atoms with Gasteiger partial charge in [-0.25, -0.2) is 0 Å². The first-order chi connectivity index (χ1) is 22.4. The van der Waals surface area contributed by atoms with Gasteiger partial charge in [-0.05, 0) is 45.6 Å². The molecule has 7 aliphatic heterocycles. The van der Waals surface area contributed by atoms with Crippen LogP contribution in [0.25, 0.3) is 0 Å². The molecule has 2 N–H and O–H groups in total. The summed E-state index contributed by atoms with van der Waals surface area (Å²) in [5.74, 6) is 0.709. The Morgan fingerprint density at radius 3 is 1.52 bits per heavy atom. The van der Waals surface area contributed by atoms with E-state index in [1.54, 1.807) is 22.3 Å². The van der Waals surface area contributed by atoms with Crippen molar-refractivity contribution in [2.75, 3.05) is 63.3 Å². The van der Waals surface area contributed by atoms with Crippen molar-refractivity contribution in [1.29, 1.82) is 0 Å². The summed E-state index contributed by atoms with van der Waals surface area (Å²) in [6.07, 6.45) is 14.4. The average Bonchev–Trinajstić information content (AvgIpc) is 3.73. The summed E-state index contributed by atoms with van der Waals surface area (Å²) in [5.41, 5.74) is 12.1. The number of fused-ring (bicyclic) bond motifs is 8. The van der Waals surface area contributed by atoms with Crippen LogP contribution in [0.15, 0.2) is 95.4 Å². The first-order valence-electron chi connectivity index (χ1n) is 17.8. The standard InChI is InChI=1S/C40H46N4O2.2ClH/c1-43-15-13-39-31-7-3-5-9-33(31)41-22-30-28-20-36-40(14-16-44(36,2)24-26(28)12-18-46)32-8-4-6-10-34(32)42(38(30)40)21-29(37(39)41)27(19-35(39)43)25(23-43)11-17-45;;/h3-12,21-22,27-28,35-38,45-46H,13-20,23-24H2,1-2H3;2*1H/q+2;;/b25-11+,26-12+,29-21-,30-22-;;/t27-,28-,35-,36-,37?,38?,39+,40+,43-,44-;;/m0../s1. The van der Waals surface area contributed by atoms with Gasteiger partial charge < -0.3 is 29.0 Å². The highest BCUT2D eigenvalue weighted by atomic mass is 35.5. The van der Waals surface area contributed by atoms with Gasteiger partial charge in [0.1, 0.15) is 25.2 Å². The predicted octanol–water partition coefficient (Wildman–Crippen LogP) is 5.21. The van der Waals surface area contributed by atoms with Crippen LogP contribution in [0.4, 0.5) is 11.4 Å². The van der Waals surface area contributed by atoms with Gasteiger partial charge in [0.2, 0.25) is 0 Å². The van der Waals surface area contributed by atoms with Gasteiger partial charge in [-0.3, -0.25) is 0 Å². The van der Waals surface area contributed by atoms with Crippen LogP contribution in [-0.2, 0) is 10.8 Å². The molecule has 0 amide bonds. The van der Waals surface area contributed by atoms with E-state index in [-0.39, 0.29) is 60.9 Å². The summed E-state index contributed by atoms with van der Waals surface area (Å²) in [4.78, 5) is 5.55. The molecule has 252 valence electrons. The number of nitrogens with zero attached hydrogens (tertiary/aromatic N) is 4. The summed E-state index contributed by atoms with van der Waals surface area (Å²) in [6.45, 7) is 4.70. The Morgan fingerprint density at radius 2 is 1.10 bits per heavy atom. The molecule has 6 fully saturated rings. The number of quaternary nitrogens is 2. The Labute approximate surface area is 296 Å². The highest BCUT2D eigenvalue weighted by molar-refractivity contribution is 5.85. The largest absolute Gasteiger partial charge is 0.392 e. The molecule has 11 rings (SSSR count). The third-order valence-electron chi connectivity index (χ3n) is 15.3. The van der Waals surface area contributed by atoms with E-state index < -0.39 is 0 Å². The van der Waals surface area contributed by atoms with Crippen molar-refractivity contribution in [2.24, 2.45) is 11.8 Å². The van der Waals surface area contributed by atoms with E-state index in [0.717, 1.165) is 34.9 Å². The molecule has 2 aliphatic carbocycles. The molecule has 10 atom stereocenters. The van der Waals surface area contributed by atoms with Crippen molar-refractivity contribution in [1.82, 2.24) is 0 Å². The number of halogens is 2. The molecule has 4 bridgehead atoms. The lowest BCUT2D eigenvalue weighted by molar-refractivity contribution is -0.924. The lowest BCUT2D eigenvalue weighted by Gasteiger charge is -2.58. The first kappa shape index (κ1) is 31.4. The van der Waals surface area contributed by atoms with Crippen molar-refractivity contribution in [2.45, 2.75) is 60.7 Å². The Bertz CT molecular complexity index is 1740. The SMILES string of the molecule is C[N@@+]12CC[C@]34c5ccccc5N5/C=C6\C7N(/C=C(\C53)[C@@H](C[C@@H]41)/C(=C/CO)C2)c1ccccc1[C@@]71CC[N@@+]2(C)C/C(=C\CO)[C@@H]6C[C@@H]12.Cl.Cl. The summed E-state index contributed by atoms with van der Waals surface area (Å²) in [7, 11) is 5.01. The number of aliphatic hydroxyl groups is 2. The van der Waals surface area contributed by atoms with Gasteiger partial charge in [0.05, 0.1) is 63.3 Å². The number of likely N-dealkylation sites (N-methyl/N-ethyl adjacent to an activating group) is 2. The second-order valence-electron chi connectivity index (χ2n) is 16.7. The van der Waals surface area contributed by atoms with Crippen molar-refractivity contribution in [3.05, 3.63) is 107 Å². The number of piperidine rings is 2. The fourth-order valence-corrected chi connectivity index (χ4v) is 13.8. The maximum absolute atomic E-state index is 10.3. The molecule has 2 aromatic carbocycles. The van der Waals surface area contributed by atoms with Crippen LogP contribution in [0.5, 0.6) is 0 Å². The predicted molar refractivity (Wildman–Crippen MR) is 195 cm³/mol. The lowest BCUT2D eigenvalue weighted by Crippen LogP contribution is -2.68. The Balaban J connectivity index is 0.00000157. The maximum Gasteiger partial charge on any atom is 0.102 e. The fourth-order valence-electron chi connectivity index (χ4n) is 13.8. The molecule has 0 radical (unpaired) electrons. The molecule has 9 aliphatic rings. The second kappa shape index (κ2) is 10.0. The van der Waals surface area contributed by atoms with Crippen LogP contribution in [-0.4, -0.2) is 96.8 Å². The molecule has 4 saturated heterocycles. The minimum atomic E-state index is 0. The molecular weight excluding hydrogens is 639 g/mol. The molecule has 48 heavy (non-hydrogen) atoms. The van der Waals surface area contributed by atoms with E-state index in [1.165, 1.54) is 48.5 Å². The van der Waals surface area contributed by atoms with E-state index in [4.69, 9.17) is 0 Å². The first-order valence-corrected chi connectivity index (χ1v) is 17.8. The van der Waals surface area contributed by atoms with Gasteiger partial charge in [0, 0.05) is 61.3 Å². The number of aliphatic hydroxyl groups excluding tert-OH is 2. The summed E-state index contributed by atoms with van der Waals surface area (Å²) in [6, 6.07) is 20.5. The molecule has 6 nitrogen and oxygen atoms in total. The number of hydrogen-bond donors (Lipinski definition) is 2. The third-order valence-corrected chi connectivity index (χ3v) is 15.3. The molecule has 2 spiro atoms. The zero-order chi connectivity index (χ0) is 30.8. The van der Waals surface area contributed by atoms with Crippen molar-refractivity contribution in [3.8, 4) is 0 Å². The van der Waals surface area contributed by atoms with Gasteiger partial charge in [0.25, 0.3) is 0 Å². The maximum atomic E-state index is 10.3. The molecule has 7 heterocycles. The van der Waals surface area contributed by atoms with Gasteiger partial charge >= 0.3 is 0 Å². The van der Waals surface area contributed by atoms with Crippen molar-refractivity contribution in [3.63, 3.8) is 0 Å². The highest BCUT2D eigenvalue weighted by Crippen LogP contribution is 2.69. The molecule has 2 aromatic rings. The Kier molecular flexibility index (Phi) is 6.56. The van der Waals surface area contributed by atoms with Crippen LogP contribution in [0.3, 0.4) is 0 Å². The van der Waals surface area contributed by atoms with Crippen molar-refractivity contribution >= 4 is 36.2 Å². The zero-order valence-corrected chi connectivity index (χ0v) is 29.6. The van der Waals surface area contributed by atoms with Crippen LogP contribution >= 0.6 is 24.8 Å². The van der Waals surface area contributed by atoms with E-state index in [2.05, 4.69) is 97.0 Å². The monoisotopic (exact) mass is 686 g/mol. The van der Waals surface area contributed by atoms with E-state index in [9.17, 15) is 10.2 Å². The Hall–Kier alpha value is -2.58. The second-order valence-corrected chi connectivity index (χ2v) is 16.7. The summed E-state index contributed by atoms with van der Waals surface area (Å²) >= 11 is 0. The summed E-state index contributed by atoms with van der Waals surface area (Å²) in [5, 5.41) is 20.6. The average molecular weight is 688 g/mol. The normalized spacial score (nSPS) is 46.6.